The predicted molar refractivity (Wildman–Crippen MR) is 59.0 cm³/mol. The minimum Gasteiger partial charge on any atom is -0.254 e. The normalized spacial score (nSPS) is 17.5. The molecule has 0 N–H and O–H groups in total. The third-order valence-corrected chi connectivity index (χ3v) is 3.19. The maximum Gasteiger partial charge on any atom is 0.0992 e. The molecule has 0 saturated carbocycles. The molecule has 0 bridgehead atoms. The second-order valence-electron chi connectivity index (χ2n) is 3.37. The van der Waals surface area contributed by atoms with Gasteiger partial charge in [0.05, 0.1) is 11.4 Å². The number of hydrogen-bond donors (Lipinski definition) is 0. The summed E-state index contributed by atoms with van der Waals surface area (Å²) in [4.78, 5) is 9.09. The monoisotopic (exact) mass is 192 g/mol. The Balaban J connectivity index is 2.59. The summed E-state index contributed by atoms with van der Waals surface area (Å²) in [6.07, 6.45) is 0. The van der Waals surface area contributed by atoms with Crippen molar-refractivity contribution in [2.45, 2.75) is 20.8 Å². The zero-order chi connectivity index (χ0) is 9.42. The second kappa shape index (κ2) is 3.07. The Morgan fingerprint density at radius 3 is 2.00 bits per heavy atom. The fourth-order valence-electron chi connectivity index (χ4n) is 1.33. The summed E-state index contributed by atoms with van der Waals surface area (Å²) in [5, 5.41) is 4.10. The van der Waals surface area contributed by atoms with Crippen molar-refractivity contribution >= 4 is 34.1 Å². The van der Waals surface area contributed by atoms with Crippen LogP contribution in [0, 0.1) is 5.92 Å². The summed E-state index contributed by atoms with van der Waals surface area (Å²) in [5.74, 6) is 0.373. The summed E-state index contributed by atoms with van der Waals surface area (Å²) < 4.78 is 0. The average molecular weight is 192 g/mol. The van der Waals surface area contributed by atoms with E-state index in [4.69, 9.17) is 0 Å². The van der Waals surface area contributed by atoms with Gasteiger partial charge in [0.2, 0.25) is 0 Å². The maximum absolute atomic E-state index is 4.54. The number of nitrogens with zero attached hydrogens (tertiary/aromatic N) is 2. The lowest BCUT2D eigenvalue weighted by atomic mass is 10.0. The van der Waals surface area contributed by atoms with E-state index in [0.29, 0.717) is 5.92 Å². The van der Waals surface area contributed by atoms with Crippen molar-refractivity contribution in [2.75, 3.05) is 0 Å². The van der Waals surface area contributed by atoms with Crippen molar-refractivity contribution in [3.8, 4) is 0 Å². The number of rotatable bonds is 0. The van der Waals surface area contributed by atoms with Crippen LogP contribution in [0.15, 0.2) is 20.7 Å². The van der Waals surface area contributed by atoms with Gasteiger partial charge in [0, 0.05) is 28.1 Å². The highest BCUT2D eigenvalue weighted by atomic mass is 32.1. The Labute approximate surface area is 82.0 Å². The first-order valence-electron chi connectivity index (χ1n) is 4.35. The number of aliphatic imine (C=N–C) groups is 2. The maximum atomic E-state index is 4.54. The topological polar surface area (TPSA) is 24.7 Å². The van der Waals surface area contributed by atoms with Crippen LogP contribution in [0.5, 0.6) is 0 Å². The Morgan fingerprint density at radius 2 is 1.54 bits per heavy atom. The quantitative estimate of drug-likeness (QED) is 0.600. The van der Waals surface area contributed by atoms with Gasteiger partial charge in [-0.2, -0.15) is 0 Å². The van der Waals surface area contributed by atoms with Crippen LogP contribution < -0.4 is 0 Å². The molecule has 3 heteroatoms. The lowest BCUT2D eigenvalue weighted by Crippen LogP contribution is -2.14. The Bertz CT molecular complexity index is 353. The summed E-state index contributed by atoms with van der Waals surface area (Å²) in [6.45, 7) is 6.28. The number of fused-ring (bicyclic) bond motifs is 1. The van der Waals surface area contributed by atoms with E-state index in [1.165, 1.54) is 0 Å². The molecule has 68 valence electrons. The molecule has 1 aliphatic rings. The molecule has 2 nitrogen and oxygen atoms in total. The fourth-order valence-corrected chi connectivity index (χ4v) is 2.00. The van der Waals surface area contributed by atoms with Gasteiger partial charge in [-0.1, -0.05) is 6.92 Å². The van der Waals surface area contributed by atoms with Gasteiger partial charge in [0.25, 0.3) is 0 Å². The van der Waals surface area contributed by atoms with Gasteiger partial charge in [-0.05, 0) is 13.8 Å². The highest BCUT2D eigenvalue weighted by molar-refractivity contribution is 7.08. The summed E-state index contributed by atoms with van der Waals surface area (Å²) in [5.41, 5.74) is 4.34. The van der Waals surface area contributed by atoms with E-state index < -0.39 is 0 Å². The molecule has 2 rings (SSSR count). The molecule has 2 heterocycles. The van der Waals surface area contributed by atoms with E-state index in [1.54, 1.807) is 11.3 Å². The predicted octanol–water partition coefficient (Wildman–Crippen LogP) is 3.58. The molecule has 0 saturated heterocycles. The minimum absolute atomic E-state index is 0.373. The lowest BCUT2D eigenvalue weighted by Gasteiger charge is -2.07. The minimum atomic E-state index is 0.373. The highest BCUT2D eigenvalue weighted by Gasteiger charge is 2.15. The standard InChI is InChI=1S/C10H12N2S/c1-6-7(2)11-9-4-13-5-10(9)12-8(6)3/h4-6H,1-3H3. The summed E-state index contributed by atoms with van der Waals surface area (Å²) in [6, 6.07) is 0. The average Bonchev–Trinajstić information content (AvgIpc) is 2.47. The molecular weight excluding hydrogens is 180 g/mol. The molecule has 0 radical (unpaired) electrons. The van der Waals surface area contributed by atoms with Gasteiger partial charge in [-0.15, -0.1) is 11.3 Å². The molecular formula is C10H12N2S. The lowest BCUT2D eigenvalue weighted by molar-refractivity contribution is 1.04. The van der Waals surface area contributed by atoms with Gasteiger partial charge < -0.3 is 0 Å². The van der Waals surface area contributed by atoms with Crippen LogP contribution in [0.25, 0.3) is 0 Å². The Hall–Kier alpha value is -0.960. The van der Waals surface area contributed by atoms with Crippen LogP contribution in [-0.2, 0) is 0 Å². The van der Waals surface area contributed by atoms with Gasteiger partial charge in [-0.3, -0.25) is 9.98 Å². The van der Waals surface area contributed by atoms with E-state index >= 15 is 0 Å². The van der Waals surface area contributed by atoms with Crippen LogP contribution >= 0.6 is 11.3 Å². The first kappa shape index (κ1) is 8.63. The van der Waals surface area contributed by atoms with Crippen molar-refractivity contribution in [3.05, 3.63) is 10.8 Å². The van der Waals surface area contributed by atoms with Crippen LogP contribution in [0.4, 0.5) is 11.4 Å². The highest BCUT2D eigenvalue weighted by Crippen LogP contribution is 2.35. The third kappa shape index (κ3) is 1.44. The van der Waals surface area contributed by atoms with Crippen molar-refractivity contribution in [1.29, 1.82) is 0 Å². The molecule has 0 atom stereocenters. The zero-order valence-corrected chi connectivity index (χ0v) is 8.85. The van der Waals surface area contributed by atoms with E-state index in [-0.39, 0.29) is 0 Å². The van der Waals surface area contributed by atoms with Crippen LogP contribution in [0.2, 0.25) is 0 Å². The fraction of sp³-hybridized carbons (Fsp3) is 0.400. The zero-order valence-electron chi connectivity index (χ0n) is 8.03. The van der Waals surface area contributed by atoms with Gasteiger partial charge in [0.1, 0.15) is 0 Å². The molecule has 0 aliphatic carbocycles. The molecule has 1 aliphatic heterocycles. The van der Waals surface area contributed by atoms with E-state index in [9.17, 15) is 0 Å². The second-order valence-corrected chi connectivity index (χ2v) is 4.11. The molecule has 0 fully saturated rings. The van der Waals surface area contributed by atoms with E-state index in [0.717, 1.165) is 22.8 Å². The van der Waals surface area contributed by atoms with Crippen molar-refractivity contribution in [3.63, 3.8) is 0 Å². The molecule has 0 unspecified atom stereocenters. The molecule has 13 heavy (non-hydrogen) atoms. The van der Waals surface area contributed by atoms with Gasteiger partial charge >= 0.3 is 0 Å². The van der Waals surface area contributed by atoms with Crippen molar-refractivity contribution in [1.82, 2.24) is 0 Å². The van der Waals surface area contributed by atoms with Gasteiger partial charge in [-0.25, -0.2) is 0 Å². The molecule has 0 aromatic carbocycles. The van der Waals surface area contributed by atoms with E-state index in [1.807, 2.05) is 10.8 Å². The van der Waals surface area contributed by atoms with Crippen molar-refractivity contribution < 1.29 is 0 Å². The molecule has 0 amide bonds. The summed E-state index contributed by atoms with van der Waals surface area (Å²) >= 11 is 1.66. The molecule has 1 aromatic rings. The van der Waals surface area contributed by atoms with Crippen LogP contribution in [0.1, 0.15) is 20.8 Å². The largest absolute Gasteiger partial charge is 0.254 e. The van der Waals surface area contributed by atoms with Gasteiger partial charge in [0.15, 0.2) is 0 Å². The molecule has 1 aromatic heterocycles. The van der Waals surface area contributed by atoms with Crippen LogP contribution in [0.3, 0.4) is 0 Å². The smallest absolute Gasteiger partial charge is 0.0992 e. The number of thiophene rings is 1. The SMILES string of the molecule is CC1=Nc2cscc2N=C(C)C1C. The first-order valence-corrected chi connectivity index (χ1v) is 5.29. The van der Waals surface area contributed by atoms with Crippen molar-refractivity contribution in [2.24, 2.45) is 15.9 Å². The number of hydrogen-bond acceptors (Lipinski definition) is 3. The summed E-state index contributed by atoms with van der Waals surface area (Å²) in [7, 11) is 0. The Morgan fingerprint density at radius 1 is 1.08 bits per heavy atom. The van der Waals surface area contributed by atoms with Crippen LogP contribution in [-0.4, -0.2) is 11.4 Å². The Kier molecular flexibility index (Phi) is 2.04. The molecule has 0 spiro atoms. The van der Waals surface area contributed by atoms with E-state index in [2.05, 4.69) is 30.8 Å². The third-order valence-electron chi connectivity index (χ3n) is 2.47. The first-order chi connectivity index (χ1) is 6.18.